The van der Waals surface area contributed by atoms with Crippen LogP contribution in [0.5, 0.6) is 0 Å². The molecule has 1 aliphatic rings. The minimum Gasteiger partial charge on any atom is -0.477 e. The van der Waals surface area contributed by atoms with Gasteiger partial charge in [-0.05, 0) is 94.4 Å². The van der Waals surface area contributed by atoms with Crippen LogP contribution in [0.2, 0.25) is 0 Å². The predicted molar refractivity (Wildman–Crippen MR) is 277 cm³/mol. The van der Waals surface area contributed by atoms with Crippen LogP contribution in [0.1, 0.15) is 188 Å². The third-order valence-electron chi connectivity index (χ3n) is 12.9. The maximum Gasteiger partial charge on any atom is 0.352 e. The van der Waals surface area contributed by atoms with Gasteiger partial charge in [-0.2, -0.15) is 0 Å². The maximum atomic E-state index is 14.3. The Bertz CT molecular complexity index is 1800. The number of nitrogens with one attached hydrogen (secondary N) is 5. The molecule has 1 saturated heterocycles. The molecule has 1 fully saturated rings. The standard InChI is InChI=1S/C54H90N8O8/c1-6-8-9-10-11-12-13-14-15-16-17-18-22-33-47(63)57-44(37-39(3)4)50(65)61-48(40(5)7-2)52(67)58-42(30-23-25-34-55)49(64)59-43(31-24-26-35-56)53(68)62-36-27-32-46(62)51(66)60-45(54(69)70)38-41-28-20-19-21-29-41/h19-21,28-29,31,38-40,42,44,46,48H,6-18,22-27,30,32-37,55-56H2,1-5H3,(H,57,63)(H,58,67)(H,59,64)(H,60,66)(H,61,65)(H,69,70)/b43-31+,45-38+/t40-,42-,44-,46?,48-/m0/s1. The highest BCUT2D eigenvalue weighted by atomic mass is 16.4. The van der Waals surface area contributed by atoms with Crippen molar-refractivity contribution >= 4 is 47.5 Å². The summed E-state index contributed by atoms with van der Waals surface area (Å²) in [4.78, 5) is 96.9. The van der Waals surface area contributed by atoms with Crippen molar-refractivity contribution in [3.63, 3.8) is 0 Å². The first-order valence-corrected chi connectivity index (χ1v) is 26.6. The van der Waals surface area contributed by atoms with Crippen LogP contribution >= 0.6 is 0 Å². The normalized spacial score (nSPS) is 15.7. The van der Waals surface area contributed by atoms with Crippen LogP contribution in [0, 0.1) is 11.8 Å². The molecule has 6 amide bonds. The molecule has 70 heavy (non-hydrogen) atoms. The second kappa shape index (κ2) is 35.9. The molecule has 1 aromatic rings. The van der Waals surface area contributed by atoms with Gasteiger partial charge in [0, 0.05) is 13.0 Å². The summed E-state index contributed by atoms with van der Waals surface area (Å²) in [6, 6.07) is 4.57. The van der Waals surface area contributed by atoms with Gasteiger partial charge in [0.05, 0.1) is 0 Å². The molecular weight excluding hydrogens is 889 g/mol. The van der Waals surface area contributed by atoms with E-state index in [1.165, 1.54) is 68.8 Å². The van der Waals surface area contributed by atoms with Crippen LogP contribution in [0.4, 0.5) is 0 Å². The number of unbranched alkanes of at least 4 members (excludes halogenated alkanes) is 14. The maximum absolute atomic E-state index is 14.3. The summed E-state index contributed by atoms with van der Waals surface area (Å²) in [5.41, 5.74) is 11.7. The van der Waals surface area contributed by atoms with E-state index in [0.717, 1.165) is 25.7 Å². The van der Waals surface area contributed by atoms with E-state index in [2.05, 4.69) is 33.5 Å². The number of nitrogens with zero attached hydrogens (tertiary/aromatic N) is 1. The zero-order valence-electron chi connectivity index (χ0n) is 43.3. The summed E-state index contributed by atoms with van der Waals surface area (Å²) < 4.78 is 0. The van der Waals surface area contributed by atoms with Crippen LogP contribution in [0.25, 0.3) is 6.08 Å². The van der Waals surface area contributed by atoms with E-state index >= 15 is 0 Å². The summed E-state index contributed by atoms with van der Waals surface area (Å²) in [6.45, 7) is 10.7. The average molecular weight is 979 g/mol. The Labute approximate surface area is 419 Å². The van der Waals surface area contributed by atoms with E-state index in [1.54, 1.807) is 36.4 Å². The fourth-order valence-electron chi connectivity index (χ4n) is 8.55. The number of carboxylic acid groups (broad SMARTS) is 1. The molecule has 394 valence electrons. The first kappa shape index (κ1) is 61.0. The summed E-state index contributed by atoms with van der Waals surface area (Å²) in [6.07, 6.45) is 22.4. The molecule has 16 nitrogen and oxygen atoms in total. The number of carboxylic acids is 1. The number of rotatable bonds is 37. The second-order valence-electron chi connectivity index (χ2n) is 19.4. The first-order valence-electron chi connectivity index (χ1n) is 26.6. The molecule has 10 N–H and O–H groups in total. The lowest BCUT2D eigenvalue weighted by atomic mass is 9.96. The molecule has 2 rings (SSSR count). The number of hydrogen-bond donors (Lipinski definition) is 8. The van der Waals surface area contributed by atoms with Gasteiger partial charge in [-0.1, -0.05) is 154 Å². The molecule has 0 radical (unpaired) electrons. The Morgan fingerprint density at radius 3 is 1.89 bits per heavy atom. The van der Waals surface area contributed by atoms with E-state index < -0.39 is 59.7 Å². The Balaban J connectivity index is 2.17. The molecule has 0 bridgehead atoms. The average Bonchev–Trinajstić information content (AvgIpc) is 3.84. The largest absolute Gasteiger partial charge is 0.477 e. The fraction of sp³-hybridized carbons (Fsp3) is 0.685. The van der Waals surface area contributed by atoms with Crippen molar-refractivity contribution < 1.29 is 38.7 Å². The van der Waals surface area contributed by atoms with Gasteiger partial charge < -0.3 is 48.1 Å². The van der Waals surface area contributed by atoms with Crippen LogP contribution < -0.4 is 38.1 Å². The lowest BCUT2D eigenvalue weighted by Gasteiger charge is -2.29. The number of amides is 6. The fourth-order valence-corrected chi connectivity index (χ4v) is 8.55. The van der Waals surface area contributed by atoms with Gasteiger partial charge in [0.25, 0.3) is 5.91 Å². The molecule has 1 heterocycles. The van der Waals surface area contributed by atoms with E-state index in [1.807, 2.05) is 27.7 Å². The minimum atomic E-state index is -1.35. The number of benzene rings is 1. The van der Waals surface area contributed by atoms with Gasteiger partial charge >= 0.3 is 5.97 Å². The van der Waals surface area contributed by atoms with Gasteiger partial charge in [-0.15, -0.1) is 0 Å². The predicted octanol–water partition coefficient (Wildman–Crippen LogP) is 7.12. The van der Waals surface area contributed by atoms with Gasteiger partial charge in [0.1, 0.15) is 35.6 Å². The molecule has 1 aromatic carbocycles. The molecule has 0 saturated carbocycles. The molecule has 1 aliphatic heterocycles. The third kappa shape index (κ3) is 24.2. The first-order chi connectivity index (χ1) is 33.7. The topological polar surface area (TPSA) is 255 Å². The van der Waals surface area contributed by atoms with Gasteiger partial charge in [-0.3, -0.25) is 28.8 Å². The summed E-state index contributed by atoms with van der Waals surface area (Å²) in [5, 5.41) is 23.8. The van der Waals surface area contributed by atoms with E-state index in [0.29, 0.717) is 70.0 Å². The van der Waals surface area contributed by atoms with Crippen molar-refractivity contribution in [1.82, 2.24) is 31.5 Å². The monoisotopic (exact) mass is 979 g/mol. The number of nitrogens with two attached hydrogens (primary N) is 2. The van der Waals surface area contributed by atoms with Crippen LogP contribution in [0.3, 0.4) is 0 Å². The SMILES string of the molecule is CCCCCCCCCCCCCCCC(=O)N[C@@H](CC(C)C)C(=O)N[C@H](C(=O)N[C@@H](CCCCN)C(=O)N/C(=C/CCCN)C(=O)N1CCCC1C(=O)N/C(=C/c1ccccc1)C(=O)O)[C@@H](C)CC. The Kier molecular flexibility index (Phi) is 31.3. The van der Waals surface area contributed by atoms with Crippen molar-refractivity contribution in [2.75, 3.05) is 19.6 Å². The van der Waals surface area contributed by atoms with Gasteiger partial charge in [-0.25, -0.2) is 4.79 Å². The number of carbonyl (C=O) groups is 7. The van der Waals surface area contributed by atoms with Gasteiger partial charge in [0.15, 0.2) is 0 Å². The number of allylic oxidation sites excluding steroid dienone is 1. The lowest BCUT2D eigenvalue weighted by Crippen LogP contribution is -2.58. The van der Waals surface area contributed by atoms with Crippen LogP contribution in [-0.2, 0) is 33.6 Å². The highest BCUT2D eigenvalue weighted by Crippen LogP contribution is 2.22. The third-order valence-corrected chi connectivity index (χ3v) is 12.9. The molecular formula is C54H90N8O8. The quantitative estimate of drug-likeness (QED) is 0.0248. The van der Waals surface area contributed by atoms with Crippen molar-refractivity contribution in [1.29, 1.82) is 0 Å². The van der Waals surface area contributed by atoms with Crippen molar-refractivity contribution in [2.45, 2.75) is 206 Å². The highest BCUT2D eigenvalue weighted by molar-refractivity contribution is 6.03. The van der Waals surface area contributed by atoms with E-state index in [-0.39, 0.29) is 48.5 Å². The zero-order valence-corrected chi connectivity index (χ0v) is 43.3. The smallest absolute Gasteiger partial charge is 0.352 e. The van der Waals surface area contributed by atoms with E-state index in [9.17, 15) is 38.7 Å². The molecule has 5 atom stereocenters. The highest BCUT2D eigenvalue weighted by Gasteiger charge is 2.38. The number of likely N-dealkylation sites (tertiary alicyclic amines) is 1. The van der Waals surface area contributed by atoms with Crippen molar-refractivity contribution in [2.24, 2.45) is 23.3 Å². The minimum absolute atomic E-state index is 0.0672. The Morgan fingerprint density at radius 2 is 1.31 bits per heavy atom. The molecule has 1 unspecified atom stereocenters. The Morgan fingerprint density at radius 1 is 0.700 bits per heavy atom. The zero-order chi connectivity index (χ0) is 51.7. The molecule has 0 aromatic heterocycles. The van der Waals surface area contributed by atoms with E-state index in [4.69, 9.17) is 11.5 Å². The summed E-state index contributed by atoms with van der Waals surface area (Å²) in [7, 11) is 0. The molecule has 16 heteroatoms. The number of aliphatic carboxylic acids is 1. The van der Waals surface area contributed by atoms with Gasteiger partial charge in [0.2, 0.25) is 29.5 Å². The van der Waals surface area contributed by atoms with Crippen molar-refractivity contribution in [3.05, 3.63) is 53.4 Å². The Hall–Kier alpha value is -5.09. The number of hydrogen-bond acceptors (Lipinski definition) is 9. The number of carbonyl (C=O) groups excluding carboxylic acids is 6. The van der Waals surface area contributed by atoms with Crippen LogP contribution in [-0.4, -0.2) is 95.2 Å². The second-order valence-corrected chi connectivity index (χ2v) is 19.4. The summed E-state index contributed by atoms with van der Waals surface area (Å²) >= 11 is 0. The summed E-state index contributed by atoms with van der Waals surface area (Å²) in [5.74, 6) is -4.92. The molecule has 0 spiro atoms. The molecule has 0 aliphatic carbocycles. The van der Waals surface area contributed by atoms with Crippen LogP contribution in [0.15, 0.2) is 47.8 Å². The van der Waals surface area contributed by atoms with Crippen molar-refractivity contribution in [3.8, 4) is 0 Å². The lowest BCUT2D eigenvalue weighted by molar-refractivity contribution is -0.138.